The maximum absolute atomic E-state index is 13.3. The molecule has 0 aliphatic heterocycles. The van der Waals surface area contributed by atoms with Crippen molar-refractivity contribution >= 4 is 21.6 Å². The number of ether oxygens (including phenoxy) is 1. The number of nitrogens with zero attached hydrogens (tertiary/aromatic N) is 1. The Kier molecular flexibility index (Phi) is 7.47. The third-order valence-electron chi connectivity index (χ3n) is 4.91. The molecule has 1 amide bonds. The van der Waals surface area contributed by atoms with E-state index in [2.05, 4.69) is 6.92 Å². The molecule has 0 aliphatic carbocycles. The van der Waals surface area contributed by atoms with Crippen molar-refractivity contribution in [2.45, 2.75) is 38.0 Å². The van der Waals surface area contributed by atoms with Crippen molar-refractivity contribution in [3.63, 3.8) is 0 Å². The van der Waals surface area contributed by atoms with E-state index in [-0.39, 0.29) is 11.3 Å². The number of aryl methyl sites for hydroxylation is 2. The molecule has 0 bridgehead atoms. The van der Waals surface area contributed by atoms with Crippen molar-refractivity contribution in [2.24, 2.45) is 0 Å². The van der Waals surface area contributed by atoms with Crippen LogP contribution in [0.4, 0.5) is 5.69 Å². The number of hydrogen-bond donors (Lipinski definition) is 0. The summed E-state index contributed by atoms with van der Waals surface area (Å²) in [6, 6.07) is 22.7. The minimum atomic E-state index is -4.02. The van der Waals surface area contributed by atoms with Crippen molar-refractivity contribution in [3.05, 3.63) is 90.0 Å². The zero-order valence-electron chi connectivity index (χ0n) is 17.8. The highest BCUT2D eigenvalue weighted by Crippen LogP contribution is 2.25. The number of hydrogen-bond acceptors (Lipinski definition) is 4. The smallest absolute Gasteiger partial charge is 0.270 e. The Morgan fingerprint density at radius 3 is 2.16 bits per heavy atom. The lowest BCUT2D eigenvalue weighted by atomic mass is 10.2. The predicted molar refractivity (Wildman–Crippen MR) is 123 cm³/mol. The number of benzene rings is 3. The molecule has 0 spiro atoms. The first-order valence-electron chi connectivity index (χ1n) is 10.3. The fourth-order valence-electron chi connectivity index (χ4n) is 3.13. The van der Waals surface area contributed by atoms with Crippen molar-refractivity contribution < 1.29 is 17.9 Å². The molecule has 3 rings (SSSR count). The van der Waals surface area contributed by atoms with Crippen LogP contribution in [-0.2, 0) is 21.2 Å². The van der Waals surface area contributed by atoms with Crippen molar-refractivity contribution in [1.29, 1.82) is 0 Å². The number of rotatable bonds is 9. The summed E-state index contributed by atoms with van der Waals surface area (Å²) in [4.78, 5) is 13.1. The molecule has 0 radical (unpaired) electrons. The van der Waals surface area contributed by atoms with Gasteiger partial charge in [-0.2, -0.15) is 0 Å². The second-order valence-corrected chi connectivity index (χ2v) is 9.05. The van der Waals surface area contributed by atoms with E-state index in [4.69, 9.17) is 4.74 Å². The fraction of sp³-hybridized carbons (Fsp3) is 0.240. The molecule has 3 aromatic rings. The van der Waals surface area contributed by atoms with Crippen LogP contribution in [0.1, 0.15) is 30.9 Å². The van der Waals surface area contributed by atoms with Gasteiger partial charge in [-0.15, -0.1) is 0 Å². The first kappa shape index (κ1) is 22.6. The highest BCUT2D eigenvalue weighted by molar-refractivity contribution is 7.93. The summed E-state index contributed by atoms with van der Waals surface area (Å²) in [6.45, 7) is 4.29. The molecule has 0 fully saturated rings. The standard InChI is InChI=1S/C25H27NO4S/c1-3-21-13-15-23(16-14-21)30-19-7-10-25(27)26(22-8-5-4-6-9-22)31(28,29)24-17-11-20(2)12-18-24/h4-6,8-9,11-18H,3,7,10,19H2,1-2H3. The van der Waals surface area contributed by atoms with E-state index >= 15 is 0 Å². The summed E-state index contributed by atoms with van der Waals surface area (Å²) in [5.74, 6) is 0.244. The van der Waals surface area contributed by atoms with Gasteiger partial charge in [-0.05, 0) is 61.7 Å². The van der Waals surface area contributed by atoms with Gasteiger partial charge < -0.3 is 4.74 Å². The summed E-state index contributed by atoms with van der Waals surface area (Å²) in [7, 11) is -4.02. The maximum Gasteiger partial charge on any atom is 0.270 e. The molecule has 0 unspecified atom stereocenters. The van der Waals surface area contributed by atoms with E-state index < -0.39 is 15.9 Å². The average Bonchev–Trinajstić information content (AvgIpc) is 2.78. The number of amides is 1. The normalized spacial score (nSPS) is 11.2. The topological polar surface area (TPSA) is 63.7 Å². The van der Waals surface area contributed by atoms with Crippen molar-refractivity contribution in [3.8, 4) is 5.75 Å². The first-order chi connectivity index (χ1) is 14.9. The molecule has 0 aliphatic rings. The van der Waals surface area contributed by atoms with Crippen molar-refractivity contribution in [1.82, 2.24) is 0 Å². The molecule has 0 atom stereocenters. The Bertz CT molecular complexity index is 1090. The Labute approximate surface area is 184 Å². The second-order valence-electron chi connectivity index (χ2n) is 7.26. The van der Waals surface area contributed by atoms with Gasteiger partial charge in [0.15, 0.2) is 0 Å². The van der Waals surface area contributed by atoms with Crippen LogP contribution in [0.25, 0.3) is 0 Å². The molecule has 5 nitrogen and oxygen atoms in total. The molecule has 0 heterocycles. The van der Waals surface area contributed by atoms with E-state index in [9.17, 15) is 13.2 Å². The Morgan fingerprint density at radius 2 is 1.55 bits per heavy atom. The third kappa shape index (κ3) is 5.73. The molecule has 3 aromatic carbocycles. The van der Waals surface area contributed by atoms with E-state index in [0.717, 1.165) is 22.0 Å². The largest absolute Gasteiger partial charge is 0.494 e. The lowest BCUT2D eigenvalue weighted by Gasteiger charge is -2.23. The van der Waals surface area contributed by atoms with Gasteiger partial charge in [0.05, 0.1) is 17.2 Å². The van der Waals surface area contributed by atoms with Gasteiger partial charge in [-0.1, -0.05) is 55.0 Å². The molecular formula is C25H27NO4S. The number of carbonyl (C=O) groups is 1. The number of anilines is 1. The summed E-state index contributed by atoms with van der Waals surface area (Å²) in [5, 5.41) is 0. The predicted octanol–water partition coefficient (Wildman–Crippen LogP) is 5.14. The van der Waals surface area contributed by atoms with Gasteiger partial charge in [0.25, 0.3) is 10.0 Å². The molecule has 0 saturated heterocycles. The van der Waals surface area contributed by atoms with E-state index in [0.29, 0.717) is 18.7 Å². The Balaban J connectivity index is 1.72. The highest BCUT2D eigenvalue weighted by atomic mass is 32.2. The molecule has 0 N–H and O–H groups in total. The molecule has 162 valence electrons. The van der Waals surface area contributed by atoms with Crippen molar-refractivity contribution in [2.75, 3.05) is 10.9 Å². The van der Waals surface area contributed by atoms with Crippen LogP contribution in [0.3, 0.4) is 0 Å². The lowest BCUT2D eigenvalue weighted by Crippen LogP contribution is -2.37. The Hall–Kier alpha value is -3.12. The molecule has 31 heavy (non-hydrogen) atoms. The molecular weight excluding hydrogens is 410 g/mol. The summed E-state index contributed by atoms with van der Waals surface area (Å²) in [5.41, 5.74) is 2.49. The number of carbonyl (C=O) groups excluding carboxylic acids is 1. The van der Waals surface area contributed by atoms with Gasteiger partial charge in [0, 0.05) is 6.42 Å². The summed E-state index contributed by atoms with van der Waals surface area (Å²) >= 11 is 0. The van der Waals surface area contributed by atoms with Crippen LogP contribution < -0.4 is 9.04 Å². The van der Waals surface area contributed by atoms with Gasteiger partial charge >= 0.3 is 0 Å². The molecule has 6 heteroatoms. The third-order valence-corrected chi connectivity index (χ3v) is 6.67. The molecule has 0 aromatic heterocycles. The number of para-hydroxylation sites is 1. The lowest BCUT2D eigenvalue weighted by molar-refractivity contribution is -0.117. The quantitative estimate of drug-likeness (QED) is 0.435. The first-order valence-corrected chi connectivity index (χ1v) is 11.8. The van der Waals surface area contributed by atoms with Gasteiger partial charge in [0.2, 0.25) is 5.91 Å². The minimum absolute atomic E-state index is 0.0486. The van der Waals surface area contributed by atoms with Crippen LogP contribution >= 0.6 is 0 Å². The SMILES string of the molecule is CCc1ccc(OCCCC(=O)N(c2ccccc2)S(=O)(=O)c2ccc(C)cc2)cc1. The molecule has 0 saturated carbocycles. The minimum Gasteiger partial charge on any atom is -0.494 e. The van der Waals surface area contributed by atoms with Gasteiger partial charge in [0.1, 0.15) is 5.75 Å². The zero-order chi connectivity index (χ0) is 22.3. The van der Waals surface area contributed by atoms with Crippen LogP contribution in [-0.4, -0.2) is 20.9 Å². The van der Waals surface area contributed by atoms with Crippen LogP contribution in [0.5, 0.6) is 5.75 Å². The number of sulfonamides is 1. The fourth-order valence-corrected chi connectivity index (χ4v) is 4.58. The maximum atomic E-state index is 13.3. The van der Waals surface area contributed by atoms with E-state index in [1.165, 1.54) is 17.7 Å². The van der Waals surface area contributed by atoms with Crippen LogP contribution in [0.2, 0.25) is 0 Å². The average molecular weight is 438 g/mol. The van der Waals surface area contributed by atoms with Crippen LogP contribution in [0, 0.1) is 6.92 Å². The summed E-state index contributed by atoms with van der Waals surface area (Å²) in [6.07, 6.45) is 1.41. The highest BCUT2D eigenvalue weighted by Gasteiger charge is 2.30. The Morgan fingerprint density at radius 1 is 0.903 bits per heavy atom. The van der Waals surface area contributed by atoms with Crippen LogP contribution in [0.15, 0.2) is 83.8 Å². The zero-order valence-corrected chi connectivity index (χ0v) is 18.6. The summed E-state index contributed by atoms with van der Waals surface area (Å²) < 4.78 is 33.1. The second kappa shape index (κ2) is 10.3. The monoisotopic (exact) mass is 437 g/mol. The van der Waals surface area contributed by atoms with Gasteiger partial charge in [-0.25, -0.2) is 12.7 Å². The van der Waals surface area contributed by atoms with Gasteiger partial charge in [-0.3, -0.25) is 4.79 Å². The van der Waals surface area contributed by atoms with E-state index in [1.807, 2.05) is 31.2 Å². The van der Waals surface area contributed by atoms with E-state index in [1.54, 1.807) is 42.5 Å².